The molecule has 3 aromatic rings. The van der Waals surface area contributed by atoms with Crippen molar-refractivity contribution in [2.75, 3.05) is 19.6 Å². The molecule has 1 aliphatic rings. The molecule has 0 N–H and O–H groups in total. The first kappa shape index (κ1) is 21.3. The lowest BCUT2D eigenvalue weighted by Crippen LogP contribution is -2.49. The maximum absolute atomic E-state index is 12.4. The summed E-state index contributed by atoms with van der Waals surface area (Å²) in [4.78, 5) is 25.1. The fourth-order valence-corrected chi connectivity index (χ4v) is 4.14. The van der Waals surface area contributed by atoms with Crippen molar-refractivity contribution < 1.29 is 18.5 Å². The van der Waals surface area contributed by atoms with Crippen LogP contribution in [0, 0.1) is 0 Å². The van der Waals surface area contributed by atoms with E-state index in [0.29, 0.717) is 18.9 Å². The van der Waals surface area contributed by atoms with Gasteiger partial charge in [0.05, 0.1) is 0 Å². The Bertz CT molecular complexity index is 970. The minimum absolute atomic E-state index is 0.235. The number of hydrogen-bond acceptors (Lipinski definition) is 8. The van der Waals surface area contributed by atoms with Gasteiger partial charge in [-0.25, -0.2) is 4.79 Å². The van der Waals surface area contributed by atoms with Crippen LogP contribution in [0.4, 0.5) is 4.79 Å². The van der Waals surface area contributed by atoms with Crippen LogP contribution >= 0.6 is 0 Å². The zero-order valence-electron chi connectivity index (χ0n) is 18.4. The molecule has 4 rings (SSSR count). The van der Waals surface area contributed by atoms with Crippen LogP contribution < -0.4 is 0 Å². The van der Waals surface area contributed by atoms with E-state index in [9.17, 15) is 4.79 Å². The molecule has 1 aliphatic heterocycles. The van der Waals surface area contributed by atoms with Crippen LogP contribution in [0.1, 0.15) is 58.2 Å². The van der Waals surface area contributed by atoms with E-state index < -0.39 is 5.60 Å². The molecule has 1 saturated heterocycles. The van der Waals surface area contributed by atoms with Crippen molar-refractivity contribution in [1.82, 2.24) is 24.9 Å². The Balaban J connectivity index is 1.55. The van der Waals surface area contributed by atoms with Crippen molar-refractivity contribution >= 4 is 17.1 Å². The summed E-state index contributed by atoms with van der Waals surface area (Å²) < 4.78 is 16.7. The van der Waals surface area contributed by atoms with Crippen LogP contribution in [-0.2, 0) is 4.74 Å². The standard InChI is InChI=1S/C22H29N5O4/c1-5-27(16-7-10-26(11-8-16)21(28)31-22(2,3)4)19(20-24-14-29-25-20)18-12-15-13-23-9-6-17(15)30-18/h6,9,12-14,16,19H,5,7-8,10-11H2,1-4H3. The molecule has 0 spiro atoms. The quantitative estimate of drug-likeness (QED) is 0.602. The minimum Gasteiger partial charge on any atom is -0.459 e. The highest BCUT2D eigenvalue weighted by Crippen LogP contribution is 2.34. The third kappa shape index (κ3) is 4.71. The second-order valence-electron chi connectivity index (χ2n) is 8.78. The largest absolute Gasteiger partial charge is 0.459 e. The maximum Gasteiger partial charge on any atom is 0.410 e. The Kier molecular flexibility index (Phi) is 5.95. The molecule has 0 saturated carbocycles. The SMILES string of the molecule is CCN(C1CCN(C(=O)OC(C)(C)C)CC1)C(c1ncon1)c1cc2cnccc2o1. The fraction of sp³-hybridized carbons (Fsp3) is 0.545. The molecule has 9 heteroatoms. The molecule has 1 fully saturated rings. The van der Waals surface area contributed by atoms with Gasteiger partial charge in [-0.2, -0.15) is 4.98 Å². The number of nitrogens with zero attached hydrogens (tertiary/aromatic N) is 5. The van der Waals surface area contributed by atoms with Crippen molar-refractivity contribution in [3.63, 3.8) is 0 Å². The lowest BCUT2D eigenvalue weighted by atomic mass is 10.00. The zero-order chi connectivity index (χ0) is 22.0. The Morgan fingerprint density at radius 3 is 2.74 bits per heavy atom. The topological polar surface area (TPSA) is 97.7 Å². The minimum atomic E-state index is -0.497. The van der Waals surface area contributed by atoms with Gasteiger partial charge in [0.2, 0.25) is 6.39 Å². The van der Waals surface area contributed by atoms with Crippen LogP contribution in [0.25, 0.3) is 11.0 Å². The summed E-state index contributed by atoms with van der Waals surface area (Å²) in [6.45, 7) is 9.81. The summed E-state index contributed by atoms with van der Waals surface area (Å²) in [5, 5.41) is 5.05. The highest BCUT2D eigenvalue weighted by molar-refractivity contribution is 5.76. The molecule has 1 unspecified atom stereocenters. The summed E-state index contributed by atoms with van der Waals surface area (Å²) in [6, 6.07) is 3.79. The van der Waals surface area contributed by atoms with Gasteiger partial charge >= 0.3 is 6.09 Å². The second-order valence-corrected chi connectivity index (χ2v) is 8.78. The first-order valence-electron chi connectivity index (χ1n) is 10.7. The van der Waals surface area contributed by atoms with E-state index >= 15 is 0 Å². The summed E-state index contributed by atoms with van der Waals surface area (Å²) in [5.41, 5.74) is 0.276. The van der Waals surface area contributed by atoms with Gasteiger partial charge in [-0.1, -0.05) is 12.1 Å². The molecule has 31 heavy (non-hydrogen) atoms. The van der Waals surface area contributed by atoms with Crippen LogP contribution in [0.15, 0.2) is 39.9 Å². The Labute approximate surface area is 181 Å². The number of amides is 1. The van der Waals surface area contributed by atoms with E-state index in [-0.39, 0.29) is 18.2 Å². The number of likely N-dealkylation sites (tertiary alicyclic amines) is 1. The molecule has 166 valence electrons. The van der Waals surface area contributed by atoms with Crippen LogP contribution in [0.5, 0.6) is 0 Å². The van der Waals surface area contributed by atoms with Gasteiger partial charge in [-0.3, -0.25) is 9.88 Å². The highest BCUT2D eigenvalue weighted by atomic mass is 16.6. The molecule has 4 heterocycles. The van der Waals surface area contributed by atoms with Gasteiger partial charge in [0.1, 0.15) is 23.0 Å². The molecule has 1 amide bonds. The van der Waals surface area contributed by atoms with Crippen molar-refractivity contribution in [1.29, 1.82) is 0 Å². The number of rotatable bonds is 5. The maximum atomic E-state index is 12.4. The first-order valence-corrected chi connectivity index (χ1v) is 10.7. The average Bonchev–Trinajstić information content (AvgIpc) is 3.40. The predicted molar refractivity (Wildman–Crippen MR) is 113 cm³/mol. The fourth-order valence-electron chi connectivity index (χ4n) is 4.14. The van der Waals surface area contributed by atoms with Gasteiger partial charge in [0.15, 0.2) is 5.82 Å². The molecule has 1 atom stereocenters. The number of furan rings is 1. The monoisotopic (exact) mass is 427 g/mol. The summed E-state index contributed by atoms with van der Waals surface area (Å²) in [5.74, 6) is 1.31. The van der Waals surface area contributed by atoms with E-state index in [0.717, 1.165) is 36.1 Å². The van der Waals surface area contributed by atoms with Gasteiger partial charge in [0, 0.05) is 36.9 Å². The molecule has 0 aromatic carbocycles. The molecule has 3 aromatic heterocycles. The van der Waals surface area contributed by atoms with Gasteiger partial charge < -0.3 is 18.6 Å². The van der Waals surface area contributed by atoms with Gasteiger partial charge in [-0.15, -0.1) is 0 Å². The van der Waals surface area contributed by atoms with Crippen molar-refractivity contribution in [2.45, 2.75) is 58.2 Å². The lowest BCUT2D eigenvalue weighted by Gasteiger charge is -2.40. The van der Waals surface area contributed by atoms with E-state index in [1.54, 1.807) is 17.3 Å². The third-order valence-electron chi connectivity index (χ3n) is 5.51. The van der Waals surface area contributed by atoms with Gasteiger partial charge in [-0.05, 0) is 52.3 Å². The van der Waals surface area contributed by atoms with E-state index in [2.05, 4.69) is 26.9 Å². The number of hydrogen-bond donors (Lipinski definition) is 0. The van der Waals surface area contributed by atoms with Crippen molar-refractivity contribution in [2.24, 2.45) is 0 Å². The predicted octanol–water partition coefficient (Wildman–Crippen LogP) is 4.02. The molecule has 0 bridgehead atoms. The number of fused-ring (bicyclic) bond motifs is 1. The number of ether oxygens (including phenoxy) is 1. The van der Waals surface area contributed by atoms with E-state index in [4.69, 9.17) is 13.7 Å². The number of piperidine rings is 1. The van der Waals surface area contributed by atoms with Crippen LogP contribution in [-0.4, -0.2) is 62.3 Å². The zero-order valence-corrected chi connectivity index (χ0v) is 18.4. The Morgan fingerprint density at radius 2 is 2.13 bits per heavy atom. The number of carbonyl (C=O) groups is 1. The molecular weight excluding hydrogens is 398 g/mol. The summed E-state index contributed by atoms with van der Waals surface area (Å²) >= 11 is 0. The van der Waals surface area contributed by atoms with Crippen molar-refractivity contribution in [3.8, 4) is 0 Å². The third-order valence-corrected chi connectivity index (χ3v) is 5.51. The number of pyridine rings is 1. The average molecular weight is 428 g/mol. The van der Waals surface area contributed by atoms with E-state index in [1.165, 1.54) is 6.39 Å². The summed E-state index contributed by atoms with van der Waals surface area (Å²) in [6.07, 6.45) is 6.22. The molecule has 0 aliphatic carbocycles. The Morgan fingerprint density at radius 1 is 1.35 bits per heavy atom. The lowest BCUT2D eigenvalue weighted by molar-refractivity contribution is 0.0115. The Hall–Kier alpha value is -2.94. The number of carbonyl (C=O) groups excluding carboxylic acids is 1. The number of aromatic nitrogens is 3. The normalized spacial score (nSPS) is 16.7. The first-order chi connectivity index (χ1) is 14.9. The van der Waals surface area contributed by atoms with Crippen LogP contribution in [0.2, 0.25) is 0 Å². The second kappa shape index (κ2) is 8.66. The highest BCUT2D eigenvalue weighted by Gasteiger charge is 2.36. The molecular formula is C22H29N5O4. The van der Waals surface area contributed by atoms with Gasteiger partial charge in [0.25, 0.3) is 0 Å². The smallest absolute Gasteiger partial charge is 0.410 e. The summed E-state index contributed by atoms with van der Waals surface area (Å²) in [7, 11) is 0. The van der Waals surface area contributed by atoms with Crippen molar-refractivity contribution in [3.05, 3.63) is 42.5 Å². The van der Waals surface area contributed by atoms with E-state index in [1.807, 2.05) is 32.9 Å². The van der Waals surface area contributed by atoms with Crippen LogP contribution in [0.3, 0.4) is 0 Å². The molecule has 9 nitrogen and oxygen atoms in total. The molecule has 0 radical (unpaired) electrons.